The highest BCUT2D eigenvalue weighted by molar-refractivity contribution is 6.29. The number of hydrogen-bond donors (Lipinski definition) is 1. The molecule has 2 heterocycles. The first kappa shape index (κ1) is 14.3. The summed E-state index contributed by atoms with van der Waals surface area (Å²) in [5, 5.41) is 3.21. The van der Waals surface area contributed by atoms with Crippen LogP contribution in [-0.4, -0.2) is 22.5 Å². The molecular weight excluding hydrogens is 278 g/mol. The minimum Gasteiger partial charge on any atom is -0.478 e. The first-order chi connectivity index (χ1) is 9.69. The predicted molar refractivity (Wildman–Crippen MR) is 75.8 cm³/mol. The highest BCUT2D eigenvalue weighted by atomic mass is 35.5. The van der Waals surface area contributed by atoms with E-state index in [1.54, 1.807) is 24.4 Å². The summed E-state index contributed by atoms with van der Waals surface area (Å²) >= 11 is 5.69. The van der Waals surface area contributed by atoms with Crippen LogP contribution >= 0.6 is 11.6 Å². The summed E-state index contributed by atoms with van der Waals surface area (Å²) < 4.78 is 5.22. The van der Waals surface area contributed by atoms with Crippen molar-refractivity contribution in [2.75, 3.05) is 6.61 Å². The number of ether oxygens (including phenoxy) is 1. The maximum absolute atomic E-state index is 11.9. The van der Waals surface area contributed by atoms with Crippen LogP contribution in [0.4, 0.5) is 0 Å². The van der Waals surface area contributed by atoms with Crippen molar-refractivity contribution in [3.8, 4) is 5.88 Å². The monoisotopic (exact) mass is 291 g/mol. The normalized spacial score (nSPS) is 10.1. The van der Waals surface area contributed by atoms with Crippen LogP contribution in [0.5, 0.6) is 5.88 Å². The molecule has 0 unspecified atom stereocenters. The third-order valence-corrected chi connectivity index (χ3v) is 2.76. The molecule has 2 rings (SSSR count). The molecule has 0 aromatic carbocycles. The SMILES string of the molecule is CCOc1ccc(C(=O)NCc2ccc(Cl)nc2)cn1. The number of hydrogen-bond acceptors (Lipinski definition) is 4. The van der Waals surface area contributed by atoms with Gasteiger partial charge in [-0.2, -0.15) is 0 Å². The molecule has 104 valence electrons. The summed E-state index contributed by atoms with van der Waals surface area (Å²) in [6.07, 6.45) is 3.11. The van der Waals surface area contributed by atoms with Gasteiger partial charge in [-0.05, 0) is 24.6 Å². The largest absolute Gasteiger partial charge is 0.478 e. The number of carbonyl (C=O) groups excluding carboxylic acids is 1. The predicted octanol–water partition coefficient (Wildman–Crippen LogP) is 2.46. The van der Waals surface area contributed by atoms with Crippen LogP contribution in [0.15, 0.2) is 36.7 Å². The Kier molecular flexibility index (Phi) is 4.90. The van der Waals surface area contributed by atoms with Gasteiger partial charge in [0, 0.05) is 25.0 Å². The van der Waals surface area contributed by atoms with Crippen molar-refractivity contribution < 1.29 is 9.53 Å². The lowest BCUT2D eigenvalue weighted by Crippen LogP contribution is -2.22. The molecule has 0 aliphatic carbocycles. The van der Waals surface area contributed by atoms with Gasteiger partial charge in [0.1, 0.15) is 5.15 Å². The highest BCUT2D eigenvalue weighted by Gasteiger charge is 2.06. The second kappa shape index (κ2) is 6.86. The van der Waals surface area contributed by atoms with E-state index in [0.29, 0.717) is 29.7 Å². The smallest absolute Gasteiger partial charge is 0.253 e. The van der Waals surface area contributed by atoms with Gasteiger partial charge < -0.3 is 10.1 Å². The van der Waals surface area contributed by atoms with Crippen molar-refractivity contribution in [3.05, 3.63) is 52.9 Å². The molecule has 0 saturated carbocycles. The lowest BCUT2D eigenvalue weighted by atomic mass is 10.2. The Morgan fingerprint density at radius 2 is 2.10 bits per heavy atom. The summed E-state index contributed by atoms with van der Waals surface area (Å²) in [6, 6.07) is 6.84. The van der Waals surface area contributed by atoms with Crippen molar-refractivity contribution in [1.82, 2.24) is 15.3 Å². The van der Waals surface area contributed by atoms with E-state index >= 15 is 0 Å². The Balaban J connectivity index is 1.92. The van der Waals surface area contributed by atoms with Gasteiger partial charge in [0.15, 0.2) is 0 Å². The van der Waals surface area contributed by atoms with E-state index in [1.165, 1.54) is 6.20 Å². The molecular formula is C14H14ClN3O2. The second-order valence-electron chi connectivity index (χ2n) is 3.99. The number of nitrogens with zero attached hydrogens (tertiary/aromatic N) is 2. The van der Waals surface area contributed by atoms with Crippen LogP contribution in [0.1, 0.15) is 22.8 Å². The molecule has 0 saturated heterocycles. The molecule has 2 aromatic rings. The molecule has 1 amide bonds. The van der Waals surface area contributed by atoms with Crippen LogP contribution in [0.25, 0.3) is 0 Å². The van der Waals surface area contributed by atoms with Crippen LogP contribution in [0, 0.1) is 0 Å². The van der Waals surface area contributed by atoms with Gasteiger partial charge in [-0.25, -0.2) is 9.97 Å². The van der Waals surface area contributed by atoms with E-state index in [1.807, 2.05) is 13.0 Å². The Hall–Kier alpha value is -2.14. The third-order valence-electron chi connectivity index (χ3n) is 2.53. The zero-order valence-corrected chi connectivity index (χ0v) is 11.7. The highest BCUT2D eigenvalue weighted by Crippen LogP contribution is 2.08. The first-order valence-electron chi connectivity index (χ1n) is 6.16. The average molecular weight is 292 g/mol. The maximum atomic E-state index is 11.9. The van der Waals surface area contributed by atoms with Gasteiger partial charge in [-0.3, -0.25) is 4.79 Å². The molecule has 0 radical (unpaired) electrons. The second-order valence-corrected chi connectivity index (χ2v) is 4.38. The molecule has 0 atom stereocenters. The molecule has 1 N–H and O–H groups in total. The minimum atomic E-state index is -0.199. The fourth-order valence-electron chi connectivity index (χ4n) is 1.54. The lowest BCUT2D eigenvalue weighted by Gasteiger charge is -2.06. The Labute approximate surface area is 122 Å². The van der Waals surface area contributed by atoms with Crippen molar-refractivity contribution in [3.63, 3.8) is 0 Å². The Morgan fingerprint density at radius 1 is 1.25 bits per heavy atom. The summed E-state index contributed by atoms with van der Waals surface area (Å²) in [7, 11) is 0. The van der Waals surface area contributed by atoms with Gasteiger partial charge in [0.2, 0.25) is 5.88 Å². The van der Waals surface area contributed by atoms with Crippen LogP contribution in [-0.2, 0) is 6.54 Å². The molecule has 0 aliphatic heterocycles. The van der Waals surface area contributed by atoms with E-state index < -0.39 is 0 Å². The Morgan fingerprint density at radius 3 is 2.70 bits per heavy atom. The third kappa shape index (κ3) is 3.93. The standard InChI is InChI=1S/C14H14ClN3O2/c1-2-20-13-6-4-11(9-17-13)14(19)18-8-10-3-5-12(15)16-7-10/h3-7,9H,2,8H2,1H3,(H,18,19). The topological polar surface area (TPSA) is 64.1 Å². The summed E-state index contributed by atoms with van der Waals surface area (Å²) in [4.78, 5) is 19.9. The van der Waals surface area contributed by atoms with Gasteiger partial charge >= 0.3 is 0 Å². The number of halogens is 1. The Bertz CT molecular complexity index is 570. The molecule has 0 spiro atoms. The van der Waals surface area contributed by atoms with Crippen molar-refractivity contribution in [2.24, 2.45) is 0 Å². The molecule has 0 bridgehead atoms. The number of carbonyl (C=O) groups is 1. The van der Waals surface area contributed by atoms with E-state index in [2.05, 4.69) is 15.3 Å². The zero-order chi connectivity index (χ0) is 14.4. The van der Waals surface area contributed by atoms with Gasteiger partial charge in [-0.15, -0.1) is 0 Å². The van der Waals surface area contributed by atoms with Crippen molar-refractivity contribution >= 4 is 17.5 Å². The van der Waals surface area contributed by atoms with Crippen molar-refractivity contribution in [1.29, 1.82) is 0 Å². The van der Waals surface area contributed by atoms with E-state index in [-0.39, 0.29) is 5.91 Å². The van der Waals surface area contributed by atoms with Crippen LogP contribution < -0.4 is 10.1 Å². The molecule has 2 aromatic heterocycles. The zero-order valence-electron chi connectivity index (χ0n) is 11.0. The fourth-order valence-corrected chi connectivity index (χ4v) is 1.66. The number of nitrogens with one attached hydrogen (secondary N) is 1. The van der Waals surface area contributed by atoms with Gasteiger partial charge in [-0.1, -0.05) is 17.7 Å². The molecule has 0 fully saturated rings. The number of rotatable bonds is 5. The van der Waals surface area contributed by atoms with Crippen LogP contribution in [0.3, 0.4) is 0 Å². The maximum Gasteiger partial charge on any atom is 0.253 e. The quantitative estimate of drug-likeness (QED) is 0.860. The van der Waals surface area contributed by atoms with Gasteiger partial charge in [0.25, 0.3) is 5.91 Å². The van der Waals surface area contributed by atoms with Gasteiger partial charge in [0.05, 0.1) is 12.2 Å². The molecule has 20 heavy (non-hydrogen) atoms. The molecule has 6 heteroatoms. The van der Waals surface area contributed by atoms with E-state index in [0.717, 1.165) is 5.56 Å². The lowest BCUT2D eigenvalue weighted by molar-refractivity contribution is 0.0950. The number of pyridine rings is 2. The number of amides is 1. The fraction of sp³-hybridized carbons (Fsp3) is 0.214. The summed E-state index contributed by atoms with van der Waals surface area (Å²) in [6.45, 7) is 2.81. The first-order valence-corrected chi connectivity index (χ1v) is 6.54. The van der Waals surface area contributed by atoms with E-state index in [9.17, 15) is 4.79 Å². The van der Waals surface area contributed by atoms with E-state index in [4.69, 9.17) is 16.3 Å². The summed E-state index contributed by atoms with van der Waals surface area (Å²) in [5.74, 6) is 0.307. The van der Waals surface area contributed by atoms with Crippen molar-refractivity contribution in [2.45, 2.75) is 13.5 Å². The minimum absolute atomic E-state index is 0.199. The summed E-state index contributed by atoms with van der Waals surface area (Å²) in [5.41, 5.74) is 1.36. The average Bonchev–Trinajstić information content (AvgIpc) is 2.47. The van der Waals surface area contributed by atoms with Crippen LogP contribution in [0.2, 0.25) is 5.15 Å². The molecule has 5 nitrogen and oxygen atoms in total. The number of aromatic nitrogens is 2. The molecule has 0 aliphatic rings.